The normalized spacial score (nSPS) is 19.2. The molecule has 18 heavy (non-hydrogen) atoms. The lowest BCUT2D eigenvalue weighted by molar-refractivity contribution is 0.198. The number of rotatable bonds is 2. The molecule has 1 unspecified atom stereocenters. The van der Waals surface area contributed by atoms with Gasteiger partial charge in [-0.25, -0.2) is 0 Å². The van der Waals surface area contributed by atoms with Gasteiger partial charge in [0.25, 0.3) is 0 Å². The van der Waals surface area contributed by atoms with Crippen LogP contribution in [0.25, 0.3) is 11.3 Å². The quantitative estimate of drug-likeness (QED) is 0.854. The van der Waals surface area contributed by atoms with E-state index in [4.69, 9.17) is 0 Å². The predicted molar refractivity (Wildman–Crippen MR) is 68.1 cm³/mol. The van der Waals surface area contributed by atoms with Crippen molar-refractivity contribution in [2.24, 2.45) is 0 Å². The monoisotopic (exact) mass is 242 g/mol. The van der Waals surface area contributed by atoms with Crippen molar-refractivity contribution in [2.75, 3.05) is 18.0 Å². The topological polar surface area (TPSA) is 62.1 Å². The first-order valence-electron chi connectivity index (χ1n) is 6.00. The molecule has 0 amide bonds. The molecule has 3 heterocycles. The maximum atomic E-state index is 9.50. The number of aliphatic hydroxyl groups is 1. The fourth-order valence-electron chi connectivity index (χ4n) is 2.12. The second-order valence-corrected chi connectivity index (χ2v) is 4.40. The van der Waals surface area contributed by atoms with Crippen LogP contribution in [0.4, 0.5) is 5.82 Å². The maximum Gasteiger partial charge on any atom is 0.151 e. The highest BCUT2D eigenvalue weighted by molar-refractivity contribution is 5.58. The van der Waals surface area contributed by atoms with E-state index in [0.29, 0.717) is 6.54 Å². The Morgan fingerprint density at radius 1 is 1.11 bits per heavy atom. The highest BCUT2D eigenvalue weighted by atomic mass is 16.3. The van der Waals surface area contributed by atoms with Gasteiger partial charge in [-0.1, -0.05) is 0 Å². The van der Waals surface area contributed by atoms with Gasteiger partial charge in [-0.05, 0) is 30.7 Å². The van der Waals surface area contributed by atoms with Gasteiger partial charge in [0.05, 0.1) is 11.8 Å². The van der Waals surface area contributed by atoms with E-state index < -0.39 is 0 Å². The number of nitrogens with zero attached hydrogens (tertiary/aromatic N) is 4. The number of aromatic nitrogens is 3. The number of hydrogen-bond acceptors (Lipinski definition) is 5. The fourth-order valence-corrected chi connectivity index (χ4v) is 2.12. The molecule has 1 atom stereocenters. The summed E-state index contributed by atoms with van der Waals surface area (Å²) >= 11 is 0. The molecule has 3 rings (SSSR count). The van der Waals surface area contributed by atoms with Gasteiger partial charge in [0.15, 0.2) is 5.82 Å². The first-order valence-corrected chi connectivity index (χ1v) is 6.00. The molecule has 0 spiro atoms. The molecule has 1 aliphatic heterocycles. The van der Waals surface area contributed by atoms with Crippen LogP contribution in [-0.4, -0.2) is 39.5 Å². The molecule has 5 heteroatoms. The maximum absolute atomic E-state index is 9.50. The van der Waals surface area contributed by atoms with Crippen molar-refractivity contribution in [1.29, 1.82) is 0 Å². The summed E-state index contributed by atoms with van der Waals surface area (Å²) in [6.07, 6.45) is 4.03. The Balaban J connectivity index is 1.81. The minimum atomic E-state index is -0.244. The lowest BCUT2D eigenvalue weighted by atomic mass is 10.2. The minimum Gasteiger partial charge on any atom is -0.391 e. The van der Waals surface area contributed by atoms with Crippen LogP contribution in [0.2, 0.25) is 0 Å². The van der Waals surface area contributed by atoms with Gasteiger partial charge in [-0.2, -0.15) is 0 Å². The van der Waals surface area contributed by atoms with Crippen molar-refractivity contribution in [3.63, 3.8) is 0 Å². The molecular formula is C13H14N4O. The lowest BCUT2D eigenvalue weighted by Gasteiger charge is -2.15. The Hall–Kier alpha value is -2.01. The summed E-state index contributed by atoms with van der Waals surface area (Å²) in [7, 11) is 0. The zero-order chi connectivity index (χ0) is 12.4. The number of β-amino-alcohol motifs (C(OH)–C–C–N with tert-alkyl or cyclic N) is 1. The average molecular weight is 242 g/mol. The summed E-state index contributed by atoms with van der Waals surface area (Å²) in [5.74, 6) is 0.823. The van der Waals surface area contributed by atoms with Gasteiger partial charge in [-0.3, -0.25) is 4.98 Å². The SMILES string of the molecule is OC1CCN(c2ccc(-c3ccncc3)nn2)C1. The van der Waals surface area contributed by atoms with E-state index in [9.17, 15) is 5.11 Å². The molecule has 2 aromatic heterocycles. The molecule has 1 N–H and O–H groups in total. The number of anilines is 1. The van der Waals surface area contributed by atoms with Crippen molar-refractivity contribution < 1.29 is 5.11 Å². The molecule has 5 nitrogen and oxygen atoms in total. The third-order valence-corrected chi connectivity index (χ3v) is 3.11. The number of hydrogen-bond donors (Lipinski definition) is 1. The van der Waals surface area contributed by atoms with Crippen LogP contribution in [0.5, 0.6) is 0 Å². The van der Waals surface area contributed by atoms with E-state index in [-0.39, 0.29) is 6.10 Å². The summed E-state index contributed by atoms with van der Waals surface area (Å²) in [4.78, 5) is 6.03. The van der Waals surface area contributed by atoms with E-state index in [0.717, 1.165) is 30.0 Å². The third kappa shape index (κ3) is 2.17. The smallest absolute Gasteiger partial charge is 0.151 e. The Morgan fingerprint density at radius 3 is 2.56 bits per heavy atom. The average Bonchev–Trinajstić information content (AvgIpc) is 2.87. The highest BCUT2D eigenvalue weighted by Crippen LogP contribution is 2.20. The van der Waals surface area contributed by atoms with Crippen molar-refractivity contribution in [2.45, 2.75) is 12.5 Å². The summed E-state index contributed by atoms with van der Waals surface area (Å²) in [6.45, 7) is 1.48. The van der Waals surface area contributed by atoms with E-state index >= 15 is 0 Å². The fraction of sp³-hybridized carbons (Fsp3) is 0.308. The Bertz CT molecular complexity index is 514. The van der Waals surface area contributed by atoms with E-state index in [1.54, 1.807) is 12.4 Å². The first kappa shape index (κ1) is 11.1. The lowest BCUT2D eigenvalue weighted by Crippen LogP contribution is -2.22. The van der Waals surface area contributed by atoms with E-state index in [1.165, 1.54) is 0 Å². The molecule has 0 saturated carbocycles. The van der Waals surface area contributed by atoms with Gasteiger partial charge in [-0.15, -0.1) is 10.2 Å². The van der Waals surface area contributed by atoms with Crippen molar-refractivity contribution in [3.05, 3.63) is 36.7 Å². The zero-order valence-electron chi connectivity index (χ0n) is 9.90. The second kappa shape index (κ2) is 4.70. The summed E-state index contributed by atoms with van der Waals surface area (Å²) in [6, 6.07) is 7.70. The molecule has 0 aliphatic carbocycles. The van der Waals surface area contributed by atoms with Crippen LogP contribution < -0.4 is 4.90 Å². The largest absolute Gasteiger partial charge is 0.391 e. The minimum absolute atomic E-state index is 0.244. The number of aliphatic hydroxyl groups excluding tert-OH is 1. The van der Waals surface area contributed by atoms with Crippen LogP contribution in [0, 0.1) is 0 Å². The third-order valence-electron chi connectivity index (χ3n) is 3.11. The van der Waals surface area contributed by atoms with E-state index in [2.05, 4.69) is 15.2 Å². The molecule has 1 saturated heterocycles. The van der Waals surface area contributed by atoms with Crippen LogP contribution in [-0.2, 0) is 0 Å². The molecule has 0 radical (unpaired) electrons. The standard InChI is InChI=1S/C13H14N4O/c18-11-5-8-17(9-11)13-2-1-12(15-16-13)10-3-6-14-7-4-10/h1-4,6-7,11,18H,5,8-9H2. The van der Waals surface area contributed by atoms with Crippen LogP contribution in [0.1, 0.15) is 6.42 Å². The summed E-state index contributed by atoms with van der Waals surface area (Å²) in [5, 5.41) is 17.9. The van der Waals surface area contributed by atoms with Crippen LogP contribution in [0.15, 0.2) is 36.7 Å². The van der Waals surface area contributed by atoms with Gasteiger partial charge >= 0.3 is 0 Å². The van der Waals surface area contributed by atoms with Gasteiger partial charge in [0.1, 0.15) is 0 Å². The van der Waals surface area contributed by atoms with Gasteiger partial charge in [0.2, 0.25) is 0 Å². The summed E-state index contributed by atoms with van der Waals surface area (Å²) < 4.78 is 0. The number of pyridine rings is 1. The summed E-state index contributed by atoms with van der Waals surface area (Å²) in [5.41, 5.74) is 1.84. The molecular weight excluding hydrogens is 228 g/mol. The van der Waals surface area contributed by atoms with Crippen LogP contribution >= 0.6 is 0 Å². The second-order valence-electron chi connectivity index (χ2n) is 4.40. The van der Waals surface area contributed by atoms with Crippen molar-refractivity contribution in [3.8, 4) is 11.3 Å². The predicted octanol–water partition coefficient (Wildman–Crippen LogP) is 1.11. The Morgan fingerprint density at radius 2 is 1.94 bits per heavy atom. The molecule has 1 fully saturated rings. The van der Waals surface area contributed by atoms with E-state index in [1.807, 2.05) is 29.2 Å². The van der Waals surface area contributed by atoms with Crippen molar-refractivity contribution in [1.82, 2.24) is 15.2 Å². The Labute approximate surface area is 105 Å². The zero-order valence-corrected chi connectivity index (χ0v) is 9.90. The van der Waals surface area contributed by atoms with Crippen LogP contribution in [0.3, 0.4) is 0 Å². The molecule has 1 aliphatic rings. The van der Waals surface area contributed by atoms with Gasteiger partial charge in [0, 0.05) is 31.0 Å². The molecule has 0 aromatic carbocycles. The Kier molecular flexibility index (Phi) is 2.90. The first-order chi connectivity index (χ1) is 8.83. The highest BCUT2D eigenvalue weighted by Gasteiger charge is 2.21. The molecule has 2 aromatic rings. The molecule has 0 bridgehead atoms. The van der Waals surface area contributed by atoms with Crippen molar-refractivity contribution >= 4 is 5.82 Å². The molecule has 92 valence electrons. The van der Waals surface area contributed by atoms with Gasteiger partial charge < -0.3 is 10.0 Å².